The first kappa shape index (κ1) is 22.5. The SMILES string of the molecule is CN(C)CCN(C(=O)COc1ccc(Cl)cc1)c1nc2c(S(C)(=O)=O)cccc2s1. The summed E-state index contributed by atoms with van der Waals surface area (Å²) in [5.74, 6) is 0.260. The van der Waals surface area contributed by atoms with Crippen molar-refractivity contribution < 1.29 is 17.9 Å². The normalized spacial score (nSPS) is 11.8. The van der Waals surface area contributed by atoms with E-state index in [-0.39, 0.29) is 17.4 Å². The van der Waals surface area contributed by atoms with Gasteiger partial charge in [0, 0.05) is 24.4 Å². The van der Waals surface area contributed by atoms with Crippen molar-refractivity contribution in [3.63, 3.8) is 0 Å². The molecule has 3 rings (SSSR count). The Bertz CT molecular complexity index is 1140. The van der Waals surface area contributed by atoms with Gasteiger partial charge < -0.3 is 9.64 Å². The molecule has 0 radical (unpaired) electrons. The Morgan fingerprint density at radius 2 is 1.83 bits per heavy atom. The molecule has 0 aliphatic rings. The number of hydrogen-bond acceptors (Lipinski definition) is 7. The highest BCUT2D eigenvalue weighted by Gasteiger charge is 2.23. The van der Waals surface area contributed by atoms with Crippen molar-refractivity contribution in [1.29, 1.82) is 0 Å². The highest BCUT2D eigenvalue weighted by atomic mass is 35.5. The summed E-state index contributed by atoms with van der Waals surface area (Å²) in [4.78, 5) is 21.1. The van der Waals surface area contributed by atoms with E-state index in [1.807, 2.05) is 19.0 Å². The number of thiazole rings is 1. The number of fused-ring (bicyclic) bond motifs is 1. The zero-order chi connectivity index (χ0) is 21.9. The second kappa shape index (κ2) is 9.30. The zero-order valence-corrected chi connectivity index (χ0v) is 19.2. The number of aromatic nitrogens is 1. The smallest absolute Gasteiger partial charge is 0.266 e. The highest BCUT2D eigenvalue weighted by molar-refractivity contribution is 7.91. The molecular weight excluding hydrogens is 446 g/mol. The molecule has 10 heteroatoms. The van der Waals surface area contributed by atoms with E-state index in [4.69, 9.17) is 16.3 Å². The van der Waals surface area contributed by atoms with Crippen LogP contribution < -0.4 is 9.64 Å². The lowest BCUT2D eigenvalue weighted by molar-refractivity contribution is -0.120. The van der Waals surface area contributed by atoms with Gasteiger partial charge in [-0.25, -0.2) is 13.4 Å². The Hall–Kier alpha value is -2.20. The Labute approximate surface area is 184 Å². The van der Waals surface area contributed by atoms with E-state index >= 15 is 0 Å². The molecule has 30 heavy (non-hydrogen) atoms. The molecule has 0 N–H and O–H groups in total. The van der Waals surface area contributed by atoms with E-state index in [2.05, 4.69) is 4.98 Å². The predicted molar refractivity (Wildman–Crippen MR) is 121 cm³/mol. The predicted octanol–water partition coefficient (Wildman–Crippen LogP) is 3.33. The number of likely N-dealkylation sites (N-methyl/N-ethyl adjacent to an activating group) is 1. The van der Waals surface area contributed by atoms with Gasteiger partial charge in [0.1, 0.15) is 11.3 Å². The molecular formula is C20H22ClN3O4S2. The van der Waals surface area contributed by atoms with Gasteiger partial charge in [-0.15, -0.1) is 0 Å². The molecule has 0 atom stereocenters. The number of carbonyl (C=O) groups is 1. The first-order valence-corrected chi connectivity index (χ1v) is 12.2. The molecule has 0 fully saturated rings. The lowest BCUT2D eigenvalue weighted by Crippen LogP contribution is -2.39. The average Bonchev–Trinajstić information content (AvgIpc) is 3.10. The largest absolute Gasteiger partial charge is 0.484 e. The maximum absolute atomic E-state index is 13.0. The number of amides is 1. The number of sulfone groups is 1. The Morgan fingerprint density at radius 1 is 1.13 bits per heavy atom. The molecule has 3 aromatic rings. The fourth-order valence-electron chi connectivity index (χ4n) is 2.71. The molecule has 0 bridgehead atoms. The van der Waals surface area contributed by atoms with Gasteiger partial charge in [0.25, 0.3) is 5.91 Å². The first-order chi connectivity index (χ1) is 14.1. The van der Waals surface area contributed by atoms with Gasteiger partial charge in [-0.1, -0.05) is 29.0 Å². The second-order valence-corrected chi connectivity index (χ2v) is 10.4. The summed E-state index contributed by atoms with van der Waals surface area (Å²) in [6.07, 6.45) is 1.15. The minimum Gasteiger partial charge on any atom is -0.484 e. The highest BCUT2D eigenvalue weighted by Crippen LogP contribution is 2.32. The molecule has 160 valence electrons. The Kier molecular flexibility index (Phi) is 6.97. The molecule has 1 amide bonds. The number of ether oxygens (including phenoxy) is 1. The minimum absolute atomic E-state index is 0.153. The summed E-state index contributed by atoms with van der Waals surface area (Å²) < 4.78 is 30.5. The number of hydrogen-bond donors (Lipinski definition) is 0. The van der Waals surface area contributed by atoms with Crippen molar-refractivity contribution >= 4 is 54.0 Å². The number of halogens is 1. The van der Waals surface area contributed by atoms with Crippen molar-refractivity contribution in [1.82, 2.24) is 9.88 Å². The lowest BCUT2D eigenvalue weighted by Gasteiger charge is -2.22. The molecule has 0 unspecified atom stereocenters. The summed E-state index contributed by atoms with van der Waals surface area (Å²) in [5.41, 5.74) is 0.376. The molecule has 1 heterocycles. The summed E-state index contributed by atoms with van der Waals surface area (Å²) in [6.45, 7) is 0.829. The molecule has 1 aromatic heterocycles. The third kappa shape index (κ3) is 5.48. The van der Waals surface area contributed by atoms with Crippen LogP contribution in [0.4, 0.5) is 5.13 Å². The van der Waals surface area contributed by atoms with Crippen molar-refractivity contribution in [3.8, 4) is 5.75 Å². The van der Waals surface area contributed by atoms with Gasteiger partial charge in [-0.3, -0.25) is 9.69 Å². The van der Waals surface area contributed by atoms with Crippen molar-refractivity contribution in [2.75, 3.05) is 44.9 Å². The van der Waals surface area contributed by atoms with Crippen LogP contribution in [-0.2, 0) is 14.6 Å². The van der Waals surface area contributed by atoms with Crippen LogP contribution in [0.2, 0.25) is 5.02 Å². The summed E-state index contributed by atoms with van der Waals surface area (Å²) >= 11 is 7.15. The Balaban J connectivity index is 1.89. The molecule has 2 aromatic carbocycles. The number of para-hydroxylation sites is 1. The number of rotatable bonds is 8. The van der Waals surface area contributed by atoms with E-state index in [1.54, 1.807) is 36.4 Å². The molecule has 0 saturated carbocycles. The van der Waals surface area contributed by atoms with Crippen LogP contribution >= 0.6 is 22.9 Å². The third-order valence-electron chi connectivity index (χ3n) is 4.25. The number of carbonyl (C=O) groups excluding carboxylic acids is 1. The topological polar surface area (TPSA) is 79.8 Å². The van der Waals surface area contributed by atoms with E-state index in [9.17, 15) is 13.2 Å². The minimum atomic E-state index is -3.44. The first-order valence-electron chi connectivity index (χ1n) is 9.08. The summed E-state index contributed by atoms with van der Waals surface area (Å²) in [6, 6.07) is 11.7. The molecule has 0 saturated heterocycles. The van der Waals surface area contributed by atoms with Gasteiger partial charge in [0.2, 0.25) is 0 Å². The van der Waals surface area contributed by atoms with Gasteiger partial charge in [0.05, 0.1) is 9.60 Å². The van der Waals surface area contributed by atoms with Crippen molar-refractivity contribution in [2.45, 2.75) is 4.90 Å². The molecule has 0 spiro atoms. The van der Waals surface area contributed by atoms with Gasteiger partial charge >= 0.3 is 0 Å². The van der Waals surface area contributed by atoms with Crippen LogP contribution in [0.25, 0.3) is 10.2 Å². The van der Waals surface area contributed by atoms with Gasteiger partial charge in [-0.05, 0) is 50.5 Å². The second-order valence-electron chi connectivity index (χ2n) is 6.96. The zero-order valence-electron chi connectivity index (χ0n) is 16.8. The standard InChI is InChI=1S/C20H22ClN3O4S2/c1-23(2)11-12-24(18(25)13-28-15-9-7-14(21)8-10-15)20-22-19-16(29-20)5-4-6-17(19)30(3,26)27/h4-10H,11-13H2,1-3H3. The van der Waals surface area contributed by atoms with Crippen LogP contribution in [0.1, 0.15) is 0 Å². The van der Waals surface area contributed by atoms with E-state index in [0.29, 0.717) is 39.2 Å². The maximum Gasteiger partial charge on any atom is 0.266 e. The lowest BCUT2D eigenvalue weighted by atomic mass is 10.3. The Morgan fingerprint density at radius 3 is 2.47 bits per heavy atom. The monoisotopic (exact) mass is 467 g/mol. The fraction of sp³-hybridized carbons (Fsp3) is 0.300. The fourth-order valence-corrected chi connectivity index (χ4v) is 4.77. The summed E-state index contributed by atoms with van der Waals surface area (Å²) in [7, 11) is 0.379. The van der Waals surface area contributed by atoms with Crippen molar-refractivity contribution in [3.05, 3.63) is 47.5 Å². The van der Waals surface area contributed by atoms with Gasteiger partial charge in [0.15, 0.2) is 21.6 Å². The summed E-state index contributed by atoms with van der Waals surface area (Å²) in [5, 5.41) is 1.02. The number of anilines is 1. The van der Waals surface area contributed by atoms with E-state index in [1.165, 1.54) is 22.3 Å². The van der Waals surface area contributed by atoms with Crippen LogP contribution in [0.3, 0.4) is 0 Å². The molecule has 0 aliphatic carbocycles. The van der Waals surface area contributed by atoms with Crippen LogP contribution in [0.5, 0.6) is 5.75 Å². The van der Waals surface area contributed by atoms with Crippen LogP contribution in [-0.4, -0.2) is 64.3 Å². The van der Waals surface area contributed by atoms with Crippen LogP contribution in [0, 0.1) is 0 Å². The quantitative estimate of drug-likeness (QED) is 0.505. The third-order valence-corrected chi connectivity index (χ3v) is 6.67. The van der Waals surface area contributed by atoms with Crippen molar-refractivity contribution in [2.24, 2.45) is 0 Å². The van der Waals surface area contributed by atoms with E-state index in [0.717, 1.165) is 6.26 Å². The maximum atomic E-state index is 13.0. The molecule has 0 aliphatic heterocycles. The van der Waals surface area contributed by atoms with Gasteiger partial charge in [-0.2, -0.15) is 0 Å². The number of nitrogens with zero attached hydrogens (tertiary/aromatic N) is 3. The molecule has 7 nitrogen and oxygen atoms in total. The average molecular weight is 468 g/mol. The van der Waals surface area contributed by atoms with Crippen LogP contribution in [0.15, 0.2) is 47.4 Å². The number of benzene rings is 2. The van der Waals surface area contributed by atoms with E-state index < -0.39 is 9.84 Å².